The van der Waals surface area contributed by atoms with Gasteiger partial charge in [0.1, 0.15) is 0 Å². The van der Waals surface area contributed by atoms with Crippen LogP contribution in [0.1, 0.15) is 129 Å². The molecule has 49 heavy (non-hydrogen) atoms. The second-order valence-corrected chi connectivity index (χ2v) is 11.5. The van der Waals surface area contributed by atoms with Gasteiger partial charge in [0.2, 0.25) is 11.7 Å². The van der Waals surface area contributed by atoms with Crippen LogP contribution >= 0.6 is 0 Å². The first-order valence-electron chi connectivity index (χ1n) is 17.8. The van der Waals surface area contributed by atoms with Crippen LogP contribution in [0, 0.1) is 13.8 Å². The van der Waals surface area contributed by atoms with E-state index in [9.17, 15) is 14.4 Å². The maximum atomic E-state index is 10.6. The summed E-state index contributed by atoms with van der Waals surface area (Å²) in [5.74, 6) is 0.958. The van der Waals surface area contributed by atoms with Crippen LogP contribution in [-0.4, -0.2) is 75.8 Å². The number of nitrogens with zero attached hydrogens (tertiary/aromatic N) is 2. The number of carbonyl (C=O) groups excluding carboxylic acids is 3. The summed E-state index contributed by atoms with van der Waals surface area (Å²) < 4.78 is 28.2. The van der Waals surface area contributed by atoms with Gasteiger partial charge in [-0.05, 0) is 45.4 Å². The van der Waals surface area contributed by atoms with Crippen LogP contribution in [0.2, 0.25) is 0 Å². The highest BCUT2D eigenvalue weighted by atomic mass is 16.6. The molecule has 1 saturated heterocycles. The predicted octanol–water partition coefficient (Wildman–Crippen LogP) is 8.77. The molecule has 1 aromatic carbocycles. The molecule has 1 unspecified atom stereocenters. The fourth-order valence-electron chi connectivity index (χ4n) is 3.82. The Hall–Kier alpha value is -3.31. The van der Waals surface area contributed by atoms with E-state index in [0.717, 1.165) is 63.7 Å². The van der Waals surface area contributed by atoms with Crippen LogP contribution in [0.3, 0.4) is 0 Å². The molecule has 0 N–H and O–H groups in total. The van der Waals surface area contributed by atoms with Crippen LogP contribution in [-0.2, 0) is 38.1 Å². The van der Waals surface area contributed by atoms with Crippen molar-refractivity contribution in [3.63, 3.8) is 0 Å². The summed E-state index contributed by atoms with van der Waals surface area (Å²) in [5.41, 5.74) is 2.21. The zero-order chi connectivity index (χ0) is 37.1. The van der Waals surface area contributed by atoms with Crippen molar-refractivity contribution in [1.29, 1.82) is 0 Å². The van der Waals surface area contributed by atoms with E-state index in [-0.39, 0.29) is 17.9 Å². The Labute approximate surface area is 296 Å². The number of aromatic nitrogens is 2. The Bertz CT molecular complexity index is 1050. The highest BCUT2D eigenvalue weighted by molar-refractivity contribution is 5.69. The van der Waals surface area contributed by atoms with Gasteiger partial charge in [0.25, 0.3) is 0 Å². The van der Waals surface area contributed by atoms with Crippen LogP contribution in [0.25, 0.3) is 11.4 Å². The highest BCUT2D eigenvalue weighted by Gasteiger charge is 2.20. The van der Waals surface area contributed by atoms with E-state index in [1.165, 1.54) is 59.0 Å². The topological polar surface area (TPSA) is 140 Å². The van der Waals surface area contributed by atoms with Crippen LogP contribution in [0.5, 0.6) is 0 Å². The molecule has 1 atom stereocenters. The van der Waals surface area contributed by atoms with Crippen molar-refractivity contribution in [3.8, 4) is 11.4 Å². The van der Waals surface area contributed by atoms with E-state index in [2.05, 4.69) is 38.2 Å². The smallest absolute Gasteiger partial charge is 0.305 e. The summed E-state index contributed by atoms with van der Waals surface area (Å²) >= 11 is 0. The van der Waals surface area contributed by atoms with Crippen molar-refractivity contribution >= 4 is 17.9 Å². The largest absolute Gasteiger partial charge is 0.469 e. The van der Waals surface area contributed by atoms with Gasteiger partial charge in [0.15, 0.2) is 0 Å². The Morgan fingerprint density at radius 1 is 0.694 bits per heavy atom. The third-order valence-electron chi connectivity index (χ3n) is 7.00. The highest BCUT2D eigenvalue weighted by Crippen LogP contribution is 2.16. The Morgan fingerprint density at radius 3 is 1.61 bits per heavy atom. The monoisotopic (exact) mass is 694 g/mol. The molecular weight excluding hydrogens is 628 g/mol. The molecule has 11 nitrogen and oxygen atoms in total. The lowest BCUT2D eigenvalue weighted by atomic mass is 10.1. The van der Waals surface area contributed by atoms with Crippen LogP contribution in [0.15, 0.2) is 28.8 Å². The number of rotatable bonds is 18. The average Bonchev–Trinajstić information content (AvgIpc) is 3.85. The Balaban J connectivity index is 0. The van der Waals surface area contributed by atoms with Crippen LogP contribution < -0.4 is 0 Å². The van der Waals surface area contributed by atoms with Gasteiger partial charge in [-0.15, -0.1) is 0 Å². The van der Waals surface area contributed by atoms with Gasteiger partial charge in [-0.1, -0.05) is 94.3 Å². The van der Waals surface area contributed by atoms with E-state index in [0.29, 0.717) is 37.1 Å². The summed E-state index contributed by atoms with van der Waals surface area (Å²) in [6.45, 7) is 12.0. The molecule has 1 aliphatic heterocycles. The maximum absolute atomic E-state index is 10.6. The molecule has 0 spiro atoms. The third-order valence-corrected chi connectivity index (χ3v) is 7.00. The SMILES string of the molecule is CCCCC(=O)OC.CCCCCC(=O)OC.CCCCCCC(=O)OC.COCCCCC1CO1.Cc1ccc(-c2noc(C)n2)cc1. The average molecular weight is 695 g/mol. The molecule has 0 saturated carbocycles. The van der Waals surface area contributed by atoms with Crippen molar-refractivity contribution in [1.82, 2.24) is 10.1 Å². The molecule has 0 radical (unpaired) electrons. The number of epoxide rings is 1. The predicted molar refractivity (Wildman–Crippen MR) is 193 cm³/mol. The van der Waals surface area contributed by atoms with E-state index < -0.39 is 0 Å². The molecule has 1 fully saturated rings. The lowest BCUT2D eigenvalue weighted by Crippen LogP contribution is -1.98. The zero-order valence-electron chi connectivity index (χ0n) is 32.0. The fraction of sp³-hybridized carbons (Fsp3) is 0.711. The van der Waals surface area contributed by atoms with Crippen LogP contribution in [0.4, 0.5) is 0 Å². The standard InChI is InChI=1S/C10H10N2O.C8H16O2.2C7H14O2.C6H12O2/c1-7-3-5-9(6-4-7)10-11-8(2)13-12-10;1-3-4-5-6-7-8(9)10-2;1-8-5-3-2-4-7-6-9-7;1-3-4-5-6-7(8)9-2;1-3-4-5-6(7)8-2/h3-6H,1-2H3;3-7H2,1-2H3;7H,2-6H2,1H3;3-6H2,1-2H3;3-5H2,1-2H3. The first kappa shape index (κ1) is 47.8. The van der Waals surface area contributed by atoms with Crippen molar-refractivity contribution in [2.45, 2.75) is 137 Å². The molecule has 1 aromatic heterocycles. The molecule has 2 heterocycles. The van der Waals surface area contributed by atoms with Crippen molar-refractivity contribution < 1.29 is 42.6 Å². The van der Waals surface area contributed by atoms with Gasteiger partial charge < -0.3 is 28.2 Å². The minimum Gasteiger partial charge on any atom is -0.469 e. The third kappa shape index (κ3) is 33.0. The molecule has 282 valence electrons. The summed E-state index contributed by atoms with van der Waals surface area (Å²) in [6, 6.07) is 8.03. The van der Waals surface area contributed by atoms with Gasteiger partial charge in [0.05, 0.1) is 34.0 Å². The lowest BCUT2D eigenvalue weighted by molar-refractivity contribution is -0.141. The van der Waals surface area contributed by atoms with E-state index in [4.69, 9.17) is 14.0 Å². The minimum absolute atomic E-state index is 0.0869. The Kier molecular flexibility index (Phi) is 33.7. The molecule has 0 amide bonds. The molecule has 1 aliphatic rings. The molecule has 2 aromatic rings. The quantitative estimate of drug-likeness (QED) is 0.0640. The normalized spacial score (nSPS) is 12.2. The van der Waals surface area contributed by atoms with E-state index in [1.54, 1.807) is 14.0 Å². The number of carbonyl (C=O) groups is 3. The number of hydrogen-bond acceptors (Lipinski definition) is 11. The van der Waals surface area contributed by atoms with Gasteiger partial charge >= 0.3 is 17.9 Å². The maximum Gasteiger partial charge on any atom is 0.305 e. The van der Waals surface area contributed by atoms with Crippen molar-refractivity contribution in [2.75, 3.05) is 41.7 Å². The fourth-order valence-corrected chi connectivity index (χ4v) is 3.82. The molecule has 0 aliphatic carbocycles. The molecule has 0 bridgehead atoms. The second-order valence-electron chi connectivity index (χ2n) is 11.5. The number of hydrogen-bond donors (Lipinski definition) is 0. The number of unbranched alkanes of at least 4 members (excludes halogenated alkanes) is 7. The van der Waals surface area contributed by atoms with Gasteiger partial charge in [0, 0.05) is 45.5 Å². The number of aryl methyl sites for hydroxylation is 2. The molecular formula is C38H66N2O9. The van der Waals surface area contributed by atoms with Gasteiger partial charge in [-0.25, -0.2) is 0 Å². The van der Waals surface area contributed by atoms with Crippen molar-refractivity contribution in [2.24, 2.45) is 0 Å². The summed E-state index contributed by atoms with van der Waals surface area (Å²) in [7, 11) is 6.02. The first-order chi connectivity index (χ1) is 23.6. The first-order valence-corrected chi connectivity index (χ1v) is 17.8. The summed E-state index contributed by atoms with van der Waals surface area (Å²) in [4.78, 5) is 35.5. The second kappa shape index (κ2) is 34.5. The minimum atomic E-state index is -0.105. The van der Waals surface area contributed by atoms with Crippen molar-refractivity contribution in [3.05, 3.63) is 35.7 Å². The number of methoxy groups -OCH3 is 4. The molecule has 3 rings (SSSR count). The van der Waals surface area contributed by atoms with E-state index in [1.807, 2.05) is 38.1 Å². The summed E-state index contributed by atoms with van der Waals surface area (Å²) in [6.07, 6.45) is 15.7. The van der Waals surface area contributed by atoms with Gasteiger partial charge in [-0.2, -0.15) is 4.98 Å². The summed E-state index contributed by atoms with van der Waals surface area (Å²) in [5, 5.41) is 3.83. The van der Waals surface area contributed by atoms with Gasteiger partial charge in [-0.3, -0.25) is 14.4 Å². The number of ether oxygens (including phenoxy) is 5. The molecule has 11 heteroatoms. The van der Waals surface area contributed by atoms with E-state index >= 15 is 0 Å². The Morgan fingerprint density at radius 2 is 1.18 bits per heavy atom. The zero-order valence-corrected chi connectivity index (χ0v) is 32.0. The lowest BCUT2D eigenvalue weighted by Gasteiger charge is -1.97. The number of esters is 3. The number of benzene rings is 1.